The molecule has 1 aliphatic carbocycles. The molecule has 1 aliphatic rings. The Bertz CT molecular complexity index is 272. The van der Waals surface area contributed by atoms with Crippen LogP contribution >= 0.6 is 0 Å². The Morgan fingerprint density at radius 3 is 1.26 bits per heavy atom. The van der Waals surface area contributed by atoms with Crippen LogP contribution in [0.1, 0.15) is 46.5 Å². The van der Waals surface area contributed by atoms with Gasteiger partial charge in [0.25, 0.3) is 0 Å². The highest BCUT2D eigenvalue weighted by molar-refractivity contribution is 4.90. The molecule has 0 aromatic carbocycles. The van der Waals surface area contributed by atoms with E-state index in [0.717, 1.165) is 0 Å². The molecule has 0 nitrogen and oxygen atoms in total. The van der Waals surface area contributed by atoms with E-state index in [4.69, 9.17) is 0 Å². The van der Waals surface area contributed by atoms with Crippen LogP contribution in [0.5, 0.6) is 0 Å². The molecule has 0 aromatic heterocycles. The minimum atomic E-state index is -4.39. The van der Waals surface area contributed by atoms with Gasteiger partial charge in [0.05, 0.1) is 0 Å². The van der Waals surface area contributed by atoms with Gasteiger partial charge in [-0.3, -0.25) is 0 Å². The molecule has 114 valence electrons. The van der Waals surface area contributed by atoms with Gasteiger partial charge in [-0.1, -0.05) is 20.8 Å². The van der Waals surface area contributed by atoms with Gasteiger partial charge in [-0.25, -0.2) is 0 Å². The van der Waals surface area contributed by atoms with Crippen LogP contribution in [0.4, 0.5) is 26.3 Å². The highest BCUT2D eigenvalue weighted by atomic mass is 19.4. The van der Waals surface area contributed by atoms with E-state index in [-0.39, 0.29) is 24.2 Å². The van der Waals surface area contributed by atoms with Crippen LogP contribution < -0.4 is 0 Å². The SMILES string of the molecule is CC(C)(C)C1C[C@H](CC(F)(F)F)[C@@H](CC(F)(F)F)C1. The smallest absolute Gasteiger partial charge is 0.171 e. The summed E-state index contributed by atoms with van der Waals surface area (Å²) in [4.78, 5) is 0. The lowest BCUT2D eigenvalue weighted by atomic mass is 9.79. The fraction of sp³-hybridized carbons (Fsp3) is 1.00. The summed E-state index contributed by atoms with van der Waals surface area (Å²) in [7, 11) is 0. The van der Waals surface area contributed by atoms with Crippen molar-refractivity contribution in [2.45, 2.75) is 58.8 Å². The third-order valence-electron chi connectivity index (χ3n) is 4.05. The van der Waals surface area contributed by atoms with Gasteiger partial charge in [0.1, 0.15) is 0 Å². The van der Waals surface area contributed by atoms with Crippen molar-refractivity contribution in [2.75, 3.05) is 0 Å². The number of alkyl halides is 6. The quantitative estimate of drug-likeness (QED) is 0.582. The molecule has 0 saturated heterocycles. The number of hydrogen-bond acceptors (Lipinski definition) is 0. The molecule has 0 aromatic rings. The lowest BCUT2D eigenvalue weighted by molar-refractivity contribution is -0.164. The number of rotatable bonds is 2. The predicted molar refractivity (Wildman–Crippen MR) is 60.5 cm³/mol. The normalized spacial score (nSPS) is 27.0. The minimum Gasteiger partial charge on any atom is -0.171 e. The molecule has 1 fully saturated rings. The second-order valence-corrected chi connectivity index (χ2v) is 6.69. The number of halogens is 6. The second kappa shape index (κ2) is 5.17. The average molecular weight is 290 g/mol. The highest BCUT2D eigenvalue weighted by Crippen LogP contribution is 2.51. The van der Waals surface area contributed by atoms with Crippen molar-refractivity contribution >= 4 is 0 Å². The Balaban J connectivity index is 2.79. The molecule has 0 amide bonds. The van der Waals surface area contributed by atoms with Gasteiger partial charge in [-0.05, 0) is 36.0 Å². The lowest BCUT2D eigenvalue weighted by Crippen LogP contribution is -2.22. The first-order valence-corrected chi connectivity index (χ1v) is 6.41. The Hall–Kier alpha value is -0.420. The molecular formula is C13H20F6. The van der Waals surface area contributed by atoms with E-state index >= 15 is 0 Å². The molecule has 1 saturated carbocycles. The first-order chi connectivity index (χ1) is 8.28. The Kier molecular flexibility index (Phi) is 4.52. The maximum Gasteiger partial charge on any atom is 0.389 e. The van der Waals surface area contributed by atoms with Crippen molar-refractivity contribution in [3.63, 3.8) is 0 Å². The molecule has 19 heavy (non-hydrogen) atoms. The Morgan fingerprint density at radius 1 is 0.737 bits per heavy atom. The largest absolute Gasteiger partial charge is 0.389 e. The topological polar surface area (TPSA) is 0 Å². The summed E-state index contributed by atoms with van der Waals surface area (Å²) >= 11 is 0. The summed E-state index contributed by atoms with van der Waals surface area (Å²) in [6.45, 7) is 5.62. The van der Waals surface area contributed by atoms with E-state index in [9.17, 15) is 26.3 Å². The standard InChI is InChI=1S/C13H20F6/c1-11(2,3)10-4-8(6-12(14,15)16)9(5-10)7-13(17,18)19/h8-10H,4-7H2,1-3H3/t8-,9-/m1/s1. The van der Waals surface area contributed by atoms with Crippen LogP contribution in [0.15, 0.2) is 0 Å². The third kappa shape index (κ3) is 5.61. The molecule has 0 radical (unpaired) electrons. The van der Waals surface area contributed by atoms with E-state index in [2.05, 4.69) is 0 Å². The molecular weight excluding hydrogens is 270 g/mol. The number of hydrogen-bond donors (Lipinski definition) is 0. The molecule has 0 spiro atoms. The summed E-state index contributed by atoms with van der Waals surface area (Å²) in [5, 5.41) is 0. The molecule has 0 unspecified atom stereocenters. The van der Waals surface area contributed by atoms with Crippen LogP contribution in [-0.2, 0) is 0 Å². The lowest BCUT2D eigenvalue weighted by Gasteiger charge is -2.27. The first-order valence-electron chi connectivity index (χ1n) is 6.41. The summed E-state index contributed by atoms with van der Waals surface area (Å²) in [5.41, 5.74) is -0.246. The van der Waals surface area contributed by atoms with Crippen molar-refractivity contribution in [1.82, 2.24) is 0 Å². The van der Waals surface area contributed by atoms with E-state index in [1.807, 2.05) is 20.8 Å². The van der Waals surface area contributed by atoms with Gasteiger partial charge >= 0.3 is 12.4 Å². The monoisotopic (exact) mass is 290 g/mol. The van der Waals surface area contributed by atoms with Crippen molar-refractivity contribution in [3.8, 4) is 0 Å². The Labute approximate surface area is 109 Å². The van der Waals surface area contributed by atoms with Crippen molar-refractivity contribution in [3.05, 3.63) is 0 Å². The summed E-state index contributed by atoms with van der Waals surface area (Å²) in [6, 6.07) is 0. The van der Waals surface area contributed by atoms with Gasteiger partial charge in [-0.15, -0.1) is 0 Å². The van der Waals surface area contributed by atoms with Gasteiger partial charge in [0.15, 0.2) is 0 Å². The van der Waals surface area contributed by atoms with Gasteiger partial charge < -0.3 is 0 Å². The maximum atomic E-state index is 12.5. The highest BCUT2D eigenvalue weighted by Gasteiger charge is 2.47. The van der Waals surface area contributed by atoms with Crippen LogP contribution in [0, 0.1) is 23.2 Å². The van der Waals surface area contributed by atoms with E-state index < -0.39 is 37.0 Å². The summed E-state index contributed by atoms with van der Waals surface area (Å²) in [5.74, 6) is -1.87. The van der Waals surface area contributed by atoms with Gasteiger partial charge in [0.2, 0.25) is 0 Å². The van der Waals surface area contributed by atoms with Gasteiger partial charge in [-0.2, -0.15) is 26.3 Å². The zero-order valence-electron chi connectivity index (χ0n) is 11.3. The molecule has 1 rings (SSSR count). The first kappa shape index (κ1) is 16.6. The molecule has 0 N–H and O–H groups in total. The average Bonchev–Trinajstić information content (AvgIpc) is 2.41. The zero-order valence-corrected chi connectivity index (χ0v) is 11.3. The zero-order chi connectivity index (χ0) is 15.1. The molecule has 0 heterocycles. The minimum absolute atomic E-state index is 0.0767. The summed E-state index contributed by atoms with van der Waals surface area (Å²) < 4.78 is 74.7. The van der Waals surface area contributed by atoms with E-state index in [1.165, 1.54) is 0 Å². The van der Waals surface area contributed by atoms with Crippen molar-refractivity contribution in [1.29, 1.82) is 0 Å². The fourth-order valence-electron chi connectivity index (χ4n) is 3.01. The Morgan fingerprint density at radius 2 is 1.05 bits per heavy atom. The molecule has 2 atom stereocenters. The second-order valence-electron chi connectivity index (χ2n) is 6.69. The summed E-state index contributed by atoms with van der Waals surface area (Å²) in [6.07, 6.45) is -10.5. The van der Waals surface area contributed by atoms with Crippen molar-refractivity contribution in [2.24, 2.45) is 23.2 Å². The van der Waals surface area contributed by atoms with Crippen LogP contribution in [0.25, 0.3) is 0 Å². The fourth-order valence-corrected chi connectivity index (χ4v) is 3.01. The molecule has 0 bridgehead atoms. The van der Waals surface area contributed by atoms with Gasteiger partial charge in [0, 0.05) is 12.8 Å². The third-order valence-corrected chi connectivity index (χ3v) is 4.05. The molecule has 6 heteroatoms. The van der Waals surface area contributed by atoms with E-state index in [1.54, 1.807) is 0 Å². The predicted octanol–water partition coefficient (Wildman–Crippen LogP) is 5.58. The maximum absolute atomic E-state index is 12.5. The van der Waals surface area contributed by atoms with Crippen LogP contribution in [0.3, 0.4) is 0 Å². The van der Waals surface area contributed by atoms with Crippen molar-refractivity contribution < 1.29 is 26.3 Å². The molecule has 0 aliphatic heterocycles. The van der Waals surface area contributed by atoms with E-state index in [0.29, 0.717) is 0 Å². The van der Waals surface area contributed by atoms with Crippen LogP contribution in [0.2, 0.25) is 0 Å². The van der Waals surface area contributed by atoms with Crippen LogP contribution in [-0.4, -0.2) is 12.4 Å².